The number of anilines is 1. The Morgan fingerprint density at radius 2 is 2.10 bits per heavy atom. The first-order chi connectivity index (χ1) is 10.0. The fraction of sp³-hybridized carbons (Fsp3) is 0.143. The molecule has 0 atom stereocenters. The first-order valence-corrected chi connectivity index (χ1v) is 8.57. The zero-order valence-corrected chi connectivity index (χ0v) is 12.7. The van der Waals surface area contributed by atoms with E-state index in [0.29, 0.717) is 10.8 Å². The van der Waals surface area contributed by atoms with Gasteiger partial charge in [0.2, 0.25) is 0 Å². The zero-order chi connectivity index (χ0) is 14.9. The molecule has 0 radical (unpaired) electrons. The lowest BCUT2D eigenvalue weighted by Crippen LogP contribution is -2.29. The summed E-state index contributed by atoms with van der Waals surface area (Å²) in [6, 6.07) is 9.56. The fourth-order valence-electron chi connectivity index (χ4n) is 2.13. The maximum atomic E-state index is 11.4. The van der Waals surface area contributed by atoms with Gasteiger partial charge in [-0.1, -0.05) is 6.07 Å². The topological polar surface area (TPSA) is 71.1 Å². The van der Waals surface area contributed by atoms with Crippen LogP contribution < -0.4 is 10.6 Å². The Balaban J connectivity index is 1.69. The van der Waals surface area contributed by atoms with Crippen molar-refractivity contribution in [1.82, 2.24) is 10.3 Å². The smallest absolute Gasteiger partial charge is 0.175 e. The van der Waals surface area contributed by atoms with Crippen molar-refractivity contribution in [3.63, 3.8) is 0 Å². The first kappa shape index (κ1) is 14.0. The highest BCUT2D eigenvalue weighted by Crippen LogP contribution is 2.17. The average molecular weight is 319 g/mol. The van der Waals surface area contributed by atoms with Crippen molar-refractivity contribution < 1.29 is 8.42 Å². The molecule has 1 aliphatic rings. The molecular formula is C14H13N3O2S2. The fourth-order valence-corrected chi connectivity index (χ4v) is 3.62. The van der Waals surface area contributed by atoms with Crippen molar-refractivity contribution in [3.8, 4) is 0 Å². The quantitative estimate of drug-likeness (QED) is 0.823. The van der Waals surface area contributed by atoms with Gasteiger partial charge >= 0.3 is 0 Å². The average Bonchev–Trinajstić information content (AvgIpc) is 2.77. The van der Waals surface area contributed by atoms with Crippen molar-refractivity contribution >= 4 is 43.8 Å². The highest BCUT2D eigenvalue weighted by Gasteiger charge is 2.20. The minimum atomic E-state index is -2.99. The lowest BCUT2D eigenvalue weighted by atomic mass is 10.2. The van der Waals surface area contributed by atoms with Gasteiger partial charge in [0, 0.05) is 23.0 Å². The van der Waals surface area contributed by atoms with Crippen molar-refractivity contribution in [2.24, 2.45) is 0 Å². The Morgan fingerprint density at radius 1 is 1.24 bits per heavy atom. The Labute approximate surface area is 128 Å². The SMILES string of the molecule is O=S1(=O)CC=C(NC(=S)Nc2ccc3ncccc3c2)C1. The minimum Gasteiger partial charge on any atom is -0.335 e. The van der Waals surface area contributed by atoms with E-state index in [4.69, 9.17) is 12.2 Å². The Morgan fingerprint density at radius 3 is 2.86 bits per heavy atom. The number of aromatic nitrogens is 1. The lowest BCUT2D eigenvalue weighted by Gasteiger charge is -2.11. The van der Waals surface area contributed by atoms with Crippen LogP contribution in [0.3, 0.4) is 0 Å². The number of pyridine rings is 1. The van der Waals surface area contributed by atoms with Crippen LogP contribution in [-0.4, -0.2) is 30.0 Å². The summed E-state index contributed by atoms with van der Waals surface area (Å²) in [7, 11) is -2.99. The summed E-state index contributed by atoms with van der Waals surface area (Å²) in [5.41, 5.74) is 2.36. The number of nitrogens with zero attached hydrogens (tertiary/aromatic N) is 1. The molecule has 1 aromatic carbocycles. The van der Waals surface area contributed by atoms with Crippen molar-refractivity contribution in [2.45, 2.75) is 0 Å². The highest BCUT2D eigenvalue weighted by molar-refractivity contribution is 7.92. The molecule has 0 fully saturated rings. The van der Waals surface area contributed by atoms with E-state index in [9.17, 15) is 8.42 Å². The molecule has 21 heavy (non-hydrogen) atoms. The van der Waals surface area contributed by atoms with Gasteiger partial charge in [0.05, 0.1) is 17.0 Å². The summed E-state index contributed by atoms with van der Waals surface area (Å²) < 4.78 is 22.7. The molecule has 2 N–H and O–H groups in total. The minimum absolute atomic E-state index is 0.0104. The van der Waals surface area contributed by atoms with Gasteiger partial charge < -0.3 is 10.6 Å². The molecule has 108 valence electrons. The van der Waals surface area contributed by atoms with E-state index >= 15 is 0 Å². The molecule has 0 aliphatic carbocycles. The number of sulfone groups is 1. The molecule has 2 heterocycles. The number of thiocarbonyl (C=S) groups is 1. The summed E-state index contributed by atoms with van der Waals surface area (Å²) in [5, 5.41) is 7.35. The van der Waals surface area contributed by atoms with E-state index in [2.05, 4.69) is 15.6 Å². The molecule has 0 unspecified atom stereocenters. The van der Waals surface area contributed by atoms with E-state index < -0.39 is 9.84 Å². The van der Waals surface area contributed by atoms with Crippen LogP contribution >= 0.6 is 12.2 Å². The van der Waals surface area contributed by atoms with Crippen molar-refractivity contribution in [3.05, 3.63) is 48.3 Å². The van der Waals surface area contributed by atoms with Crippen molar-refractivity contribution in [2.75, 3.05) is 16.8 Å². The summed E-state index contributed by atoms with van der Waals surface area (Å²) in [5.74, 6) is 0.0794. The van der Waals surface area contributed by atoms with Crippen LogP contribution in [0.2, 0.25) is 0 Å². The first-order valence-electron chi connectivity index (χ1n) is 6.34. The van der Waals surface area contributed by atoms with Gasteiger partial charge in [-0.05, 0) is 42.6 Å². The number of rotatable bonds is 2. The molecule has 5 nitrogen and oxygen atoms in total. The van der Waals surface area contributed by atoms with Gasteiger partial charge in [-0.2, -0.15) is 0 Å². The van der Waals surface area contributed by atoms with Gasteiger partial charge in [-0.3, -0.25) is 4.98 Å². The van der Waals surface area contributed by atoms with Crippen molar-refractivity contribution in [1.29, 1.82) is 0 Å². The Kier molecular flexibility index (Phi) is 3.60. The molecule has 2 aromatic rings. The van der Waals surface area contributed by atoms with E-state index in [1.165, 1.54) is 0 Å². The highest BCUT2D eigenvalue weighted by atomic mass is 32.2. The van der Waals surface area contributed by atoms with E-state index in [0.717, 1.165) is 16.6 Å². The number of nitrogens with one attached hydrogen (secondary N) is 2. The predicted molar refractivity (Wildman–Crippen MR) is 87.8 cm³/mol. The van der Waals surface area contributed by atoms with Crippen LogP contribution in [0, 0.1) is 0 Å². The second-order valence-electron chi connectivity index (χ2n) is 4.77. The van der Waals surface area contributed by atoms with Crippen LogP contribution in [0.1, 0.15) is 0 Å². The molecule has 7 heteroatoms. The summed E-state index contributed by atoms with van der Waals surface area (Å²) >= 11 is 5.20. The molecule has 3 rings (SSSR count). The van der Waals surface area contributed by atoms with Gasteiger partial charge in [0.25, 0.3) is 0 Å². The maximum absolute atomic E-state index is 11.4. The molecule has 1 aromatic heterocycles. The summed E-state index contributed by atoms with van der Waals surface area (Å²) in [6.07, 6.45) is 3.39. The third-order valence-corrected chi connectivity index (χ3v) is 4.72. The Bertz CT molecular complexity index is 844. The standard InChI is InChI=1S/C14H13N3O2S2/c18-21(19)7-5-12(9-21)17-14(20)16-11-3-4-13-10(8-11)2-1-6-15-13/h1-6,8H,7,9H2,(H2,16,17,20). The predicted octanol–water partition coefficient (Wildman–Crippen LogP) is 1.83. The number of fused-ring (bicyclic) bond motifs is 1. The molecular weight excluding hydrogens is 306 g/mol. The number of benzene rings is 1. The summed E-state index contributed by atoms with van der Waals surface area (Å²) in [4.78, 5) is 4.25. The molecule has 0 saturated carbocycles. The number of hydrogen-bond acceptors (Lipinski definition) is 4. The molecule has 0 spiro atoms. The third kappa shape index (κ3) is 3.37. The molecule has 1 aliphatic heterocycles. The lowest BCUT2D eigenvalue weighted by molar-refractivity contribution is 0.603. The van der Waals surface area contributed by atoms with Crippen LogP contribution in [-0.2, 0) is 9.84 Å². The summed E-state index contributed by atoms with van der Waals surface area (Å²) in [6.45, 7) is 0. The van der Waals surface area contributed by atoms with Gasteiger partial charge in [0.15, 0.2) is 14.9 Å². The maximum Gasteiger partial charge on any atom is 0.175 e. The van der Waals surface area contributed by atoms with Crippen LogP contribution in [0.5, 0.6) is 0 Å². The third-order valence-electron chi connectivity index (χ3n) is 3.09. The van der Waals surface area contributed by atoms with Crippen LogP contribution in [0.4, 0.5) is 5.69 Å². The number of hydrogen-bond donors (Lipinski definition) is 2. The molecule has 0 bridgehead atoms. The van der Waals surface area contributed by atoms with Crippen LogP contribution in [0.25, 0.3) is 10.9 Å². The largest absolute Gasteiger partial charge is 0.335 e. The zero-order valence-electron chi connectivity index (χ0n) is 11.0. The van der Waals surface area contributed by atoms with Gasteiger partial charge in [-0.15, -0.1) is 0 Å². The Hall–Kier alpha value is -1.99. The van der Waals surface area contributed by atoms with E-state index in [1.54, 1.807) is 12.3 Å². The monoisotopic (exact) mass is 319 g/mol. The van der Waals surface area contributed by atoms with Gasteiger partial charge in [-0.25, -0.2) is 8.42 Å². The molecule has 0 amide bonds. The molecule has 0 saturated heterocycles. The van der Waals surface area contributed by atoms with Gasteiger partial charge in [0.1, 0.15) is 0 Å². The van der Waals surface area contributed by atoms with E-state index in [-0.39, 0.29) is 11.5 Å². The van der Waals surface area contributed by atoms with Crippen LogP contribution in [0.15, 0.2) is 48.3 Å². The van der Waals surface area contributed by atoms with E-state index in [1.807, 2.05) is 30.3 Å². The second-order valence-corrected chi connectivity index (χ2v) is 7.29. The second kappa shape index (κ2) is 5.42. The normalized spacial score (nSPS) is 16.5.